The number of benzene rings is 2. The van der Waals surface area contributed by atoms with E-state index in [-0.39, 0.29) is 19.0 Å². The Bertz CT molecular complexity index is 914. The normalized spacial score (nSPS) is 12.4. The van der Waals surface area contributed by atoms with E-state index in [1.807, 2.05) is 32.0 Å². The van der Waals surface area contributed by atoms with Gasteiger partial charge in [-0.15, -0.1) is 0 Å². The number of aliphatic hydroxyl groups is 1. The zero-order valence-corrected chi connectivity index (χ0v) is 15.1. The Balaban J connectivity index is 1.69. The number of nitrogens with zero attached hydrogens (tertiary/aromatic N) is 2. The van der Waals surface area contributed by atoms with E-state index < -0.39 is 18.4 Å². The van der Waals surface area contributed by atoms with E-state index in [4.69, 9.17) is 4.74 Å². The molecule has 1 unspecified atom stereocenters. The molecular formula is C20H21F2N3O2. The molecule has 0 aliphatic rings. The van der Waals surface area contributed by atoms with Crippen LogP contribution >= 0.6 is 0 Å². The van der Waals surface area contributed by atoms with Crippen LogP contribution in [0.5, 0.6) is 5.75 Å². The maximum absolute atomic E-state index is 13.0. The molecule has 2 aromatic carbocycles. The number of fused-ring (bicyclic) bond motifs is 1. The lowest BCUT2D eigenvalue weighted by molar-refractivity contribution is 0.116. The van der Waals surface area contributed by atoms with Crippen molar-refractivity contribution in [3.05, 3.63) is 59.4 Å². The van der Waals surface area contributed by atoms with Crippen molar-refractivity contribution in [3.63, 3.8) is 0 Å². The van der Waals surface area contributed by atoms with Crippen LogP contribution in [0.2, 0.25) is 0 Å². The topological polar surface area (TPSA) is 67.3 Å². The molecule has 0 amide bonds. The SMILES string of the molecule is Cc1cccc(C)c1OCC(O)CNc1nc(C(F)F)nc2ccccc12. The molecule has 27 heavy (non-hydrogen) atoms. The van der Waals surface area contributed by atoms with E-state index in [1.54, 1.807) is 24.3 Å². The van der Waals surface area contributed by atoms with Crippen molar-refractivity contribution in [2.24, 2.45) is 0 Å². The predicted octanol–water partition coefficient (Wildman–Crippen LogP) is 4.04. The molecule has 3 aromatic rings. The Morgan fingerprint density at radius 2 is 1.74 bits per heavy atom. The van der Waals surface area contributed by atoms with E-state index in [2.05, 4.69) is 15.3 Å². The van der Waals surface area contributed by atoms with Crippen molar-refractivity contribution in [3.8, 4) is 5.75 Å². The molecule has 0 fully saturated rings. The summed E-state index contributed by atoms with van der Waals surface area (Å²) >= 11 is 0. The van der Waals surface area contributed by atoms with Gasteiger partial charge in [0.25, 0.3) is 6.43 Å². The second kappa shape index (κ2) is 8.26. The van der Waals surface area contributed by atoms with Crippen LogP contribution in [0.1, 0.15) is 23.4 Å². The first-order valence-corrected chi connectivity index (χ1v) is 8.61. The van der Waals surface area contributed by atoms with Crippen molar-refractivity contribution < 1.29 is 18.6 Å². The number of aryl methyl sites for hydroxylation is 2. The Labute approximate surface area is 156 Å². The zero-order valence-electron chi connectivity index (χ0n) is 15.1. The molecule has 5 nitrogen and oxygen atoms in total. The summed E-state index contributed by atoms with van der Waals surface area (Å²) in [5.41, 5.74) is 2.39. The Morgan fingerprint density at radius 1 is 1.04 bits per heavy atom. The zero-order chi connectivity index (χ0) is 19.4. The molecule has 1 atom stereocenters. The van der Waals surface area contributed by atoms with Gasteiger partial charge in [-0.25, -0.2) is 18.7 Å². The molecule has 0 saturated heterocycles. The predicted molar refractivity (Wildman–Crippen MR) is 100 cm³/mol. The number of anilines is 1. The largest absolute Gasteiger partial charge is 0.490 e. The first-order chi connectivity index (χ1) is 13.0. The molecule has 0 aliphatic heterocycles. The molecule has 1 heterocycles. The summed E-state index contributed by atoms with van der Waals surface area (Å²) in [7, 11) is 0. The van der Waals surface area contributed by atoms with Crippen LogP contribution in [0.15, 0.2) is 42.5 Å². The first kappa shape index (κ1) is 19.0. The van der Waals surface area contributed by atoms with Gasteiger partial charge in [-0.1, -0.05) is 30.3 Å². The van der Waals surface area contributed by atoms with Gasteiger partial charge in [-0.05, 0) is 37.1 Å². The quantitative estimate of drug-likeness (QED) is 0.654. The number of ether oxygens (including phenoxy) is 1. The molecule has 0 bridgehead atoms. The number of halogens is 2. The van der Waals surface area contributed by atoms with Crippen molar-refractivity contribution in [1.82, 2.24) is 9.97 Å². The summed E-state index contributed by atoms with van der Waals surface area (Å²) in [6.07, 6.45) is -3.61. The van der Waals surface area contributed by atoms with Crippen LogP contribution in [0, 0.1) is 13.8 Å². The van der Waals surface area contributed by atoms with E-state index in [0.717, 1.165) is 16.9 Å². The van der Waals surface area contributed by atoms with Gasteiger partial charge in [0, 0.05) is 11.9 Å². The lowest BCUT2D eigenvalue weighted by atomic mass is 10.1. The number of aliphatic hydroxyl groups excluding tert-OH is 1. The molecule has 1 aromatic heterocycles. The number of hydrogen-bond donors (Lipinski definition) is 2. The minimum atomic E-state index is -2.77. The molecule has 0 spiro atoms. The molecule has 0 radical (unpaired) electrons. The second-order valence-corrected chi connectivity index (χ2v) is 6.31. The van der Waals surface area contributed by atoms with Crippen molar-refractivity contribution in [2.75, 3.05) is 18.5 Å². The number of rotatable bonds is 7. The fraction of sp³-hybridized carbons (Fsp3) is 0.300. The average molecular weight is 373 g/mol. The van der Waals surface area contributed by atoms with E-state index >= 15 is 0 Å². The first-order valence-electron chi connectivity index (χ1n) is 8.61. The molecular weight excluding hydrogens is 352 g/mol. The molecule has 0 saturated carbocycles. The number of nitrogens with one attached hydrogen (secondary N) is 1. The lowest BCUT2D eigenvalue weighted by Crippen LogP contribution is -2.27. The van der Waals surface area contributed by atoms with Crippen LogP contribution in [-0.4, -0.2) is 34.3 Å². The van der Waals surface area contributed by atoms with Gasteiger partial charge in [0.15, 0.2) is 5.82 Å². The lowest BCUT2D eigenvalue weighted by Gasteiger charge is -2.17. The average Bonchev–Trinajstić information content (AvgIpc) is 2.65. The minimum Gasteiger partial charge on any atom is -0.490 e. The number of aromatic nitrogens is 2. The summed E-state index contributed by atoms with van der Waals surface area (Å²) < 4.78 is 31.8. The van der Waals surface area contributed by atoms with Gasteiger partial charge < -0.3 is 15.2 Å². The minimum absolute atomic E-state index is 0.0728. The highest BCUT2D eigenvalue weighted by Gasteiger charge is 2.16. The molecule has 7 heteroatoms. The van der Waals surface area contributed by atoms with Crippen molar-refractivity contribution in [2.45, 2.75) is 26.4 Å². The Morgan fingerprint density at radius 3 is 2.44 bits per heavy atom. The van der Waals surface area contributed by atoms with Crippen LogP contribution < -0.4 is 10.1 Å². The third-order valence-corrected chi connectivity index (χ3v) is 4.15. The van der Waals surface area contributed by atoms with E-state index in [0.29, 0.717) is 10.9 Å². The third kappa shape index (κ3) is 4.49. The van der Waals surface area contributed by atoms with Gasteiger partial charge >= 0.3 is 0 Å². The third-order valence-electron chi connectivity index (χ3n) is 4.15. The van der Waals surface area contributed by atoms with Gasteiger partial charge in [0.1, 0.15) is 24.3 Å². The van der Waals surface area contributed by atoms with E-state index in [1.165, 1.54) is 0 Å². The van der Waals surface area contributed by atoms with Crippen LogP contribution in [0.3, 0.4) is 0 Å². The molecule has 3 rings (SSSR count). The van der Waals surface area contributed by atoms with E-state index in [9.17, 15) is 13.9 Å². The summed E-state index contributed by atoms with van der Waals surface area (Å²) in [6.45, 7) is 4.05. The summed E-state index contributed by atoms with van der Waals surface area (Å²) in [4.78, 5) is 7.76. The Hall–Kier alpha value is -2.80. The molecule has 0 aliphatic carbocycles. The van der Waals surface area contributed by atoms with Crippen molar-refractivity contribution >= 4 is 16.7 Å². The standard InChI is InChI=1S/C20H21F2N3O2/c1-12-6-5-7-13(2)17(12)27-11-14(26)10-23-19-15-8-3-4-9-16(15)24-20(25-19)18(21)22/h3-9,14,18,26H,10-11H2,1-2H3,(H,23,24,25). The van der Waals surface area contributed by atoms with Gasteiger partial charge in [-0.2, -0.15) is 0 Å². The second-order valence-electron chi connectivity index (χ2n) is 6.31. The van der Waals surface area contributed by atoms with Crippen LogP contribution in [-0.2, 0) is 0 Å². The fourth-order valence-corrected chi connectivity index (χ4v) is 2.81. The fourth-order valence-electron chi connectivity index (χ4n) is 2.81. The summed E-state index contributed by atoms with van der Waals surface area (Å²) in [5.74, 6) is 0.462. The highest BCUT2D eigenvalue weighted by atomic mass is 19.3. The van der Waals surface area contributed by atoms with Crippen LogP contribution in [0.25, 0.3) is 10.9 Å². The summed E-state index contributed by atoms with van der Waals surface area (Å²) in [5, 5.41) is 13.8. The smallest absolute Gasteiger partial charge is 0.297 e. The monoisotopic (exact) mass is 373 g/mol. The molecule has 2 N–H and O–H groups in total. The van der Waals surface area contributed by atoms with Gasteiger partial charge in [-0.3, -0.25) is 0 Å². The van der Waals surface area contributed by atoms with Crippen molar-refractivity contribution in [1.29, 1.82) is 0 Å². The maximum Gasteiger partial charge on any atom is 0.297 e. The van der Waals surface area contributed by atoms with Gasteiger partial charge in [0.05, 0.1) is 5.52 Å². The highest BCUT2D eigenvalue weighted by Crippen LogP contribution is 2.25. The Kier molecular flexibility index (Phi) is 5.81. The number of hydrogen-bond acceptors (Lipinski definition) is 5. The van der Waals surface area contributed by atoms with Gasteiger partial charge in [0.2, 0.25) is 0 Å². The molecule has 142 valence electrons. The maximum atomic E-state index is 13.0. The van der Waals surface area contributed by atoms with Crippen LogP contribution in [0.4, 0.5) is 14.6 Å². The number of alkyl halides is 2. The summed E-state index contributed by atoms with van der Waals surface area (Å²) in [6, 6.07) is 12.7. The number of para-hydroxylation sites is 2. The highest BCUT2D eigenvalue weighted by molar-refractivity contribution is 5.89.